The van der Waals surface area contributed by atoms with E-state index in [1.165, 1.54) is 22.7 Å². The van der Waals surface area contributed by atoms with Crippen LogP contribution in [0.2, 0.25) is 0 Å². The molecule has 0 aliphatic heterocycles. The standard InChI is InChI=1S/C15H17FN4O3/c1-3-12-17-14(15(23)19(2)9-8-13(21)22)18-20(12)11-7-5-4-6-10(11)16/h4-7H,3,8-9H2,1-2H3,(H,21,22). The maximum atomic E-state index is 13.9. The summed E-state index contributed by atoms with van der Waals surface area (Å²) in [7, 11) is 1.47. The summed E-state index contributed by atoms with van der Waals surface area (Å²) in [5, 5.41) is 12.8. The smallest absolute Gasteiger partial charge is 0.305 e. The quantitative estimate of drug-likeness (QED) is 0.871. The van der Waals surface area contributed by atoms with Crippen molar-refractivity contribution < 1.29 is 19.1 Å². The Bertz CT molecular complexity index is 729. The number of halogens is 1. The zero-order chi connectivity index (χ0) is 17.0. The number of aliphatic carboxylic acids is 1. The summed E-state index contributed by atoms with van der Waals surface area (Å²) in [5.41, 5.74) is 0.212. The van der Waals surface area contributed by atoms with Gasteiger partial charge in [-0.2, -0.15) is 0 Å². The lowest BCUT2D eigenvalue weighted by Crippen LogP contribution is -2.30. The summed E-state index contributed by atoms with van der Waals surface area (Å²) in [6, 6.07) is 6.08. The topological polar surface area (TPSA) is 88.3 Å². The van der Waals surface area contributed by atoms with Crippen LogP contribution in [0.15, 0.2) is 24.3 Å². The molecule has 23 heavy (non-hydrogen) atoms. The van der Waals surface area contributed by atoms with E-state index in [9.17, 15) is 14.0 Å². The Balaban J connectivity index is 2.30. The largest absolute Gasteiger partial charge is 0.481 e. The summed E-state index contributed by atoms with van der Waals surface area (Å²) in [5.74, 6) is -1.60. The third-order valence-corrected chi connectivity index (χ3v) is 3.27. The summed E-state index contributed by atoms with van der Waals surface area (Å²) in [6.45, 7) is 1.87. The van der Waals surface area contributed by atoms with Crippen molar-refractivity contribution in [3.05, 3.63) is 41.7 Å². The molecule has 0 aliphatic carbocycles. The number of nitrogens with zero attached hydrogens (tertiary/aromatic N) is 4. The normalized spacial score (nSPS) is 10.6. The Morgan fingerprint density at radius 2 is 2.04 bits per heavy atom. The highest BCUT2D eigenvalue weighted by Crippen LogP contribution is 2.15. The van der Waals surface area contributed by atoms with Gasteiger partial charge in [0.25, 0.3) is 5.91 Å². The van der Waals surface area contributed by atoms with E-state index in [0.717, 1.165) is 0 Å². The highest BCUT2D eigenvalue weighted by atomic mass is 19.1. The van der Waals surface area contributed by atoms with Crippen LogP contribution in [0.3, 0.4) is 0 Å². The summed E-state index contributed by atoms with van der Waals surface area (Å²) in [6.07, 6.45) is 0.296. The molecule has 0 saturated heterocycles. The minimum absolute atomic E-state index is 0.0455. The van der Waals surface area contributed by atoms with Crippen LogP contribution in [0.1, 0.15) is 29.8 Å². The number of carboxylic acid groups (broad SMARTS) is 1. The van der Waals surface area contributed by atoms with E-state index in [2.05, 4.69) is 10.1 Å². The van der Waals surface area contributed by atoms with Crippen molar-refractivity contribution in [1.29, 1.82) is 0 Å². The number of carbonyl (C=O) groups is 2. The molecule has 0 bridgehead atoms. The number of aromatic nitrogens is 3. The fourth-order valence-corrected chi connectivity index (χ4v) is 2.02. The van der Waals surface area contributed by atoms with Gasteiger partial charge in [-0.3, -0.25) is 9.59 Å². The van der Waals surface area contributed by atoms with Crippen LogP contribution >= 0.6 is 0 Å². The summed E-state index contributed by atoms with van der Waals surface area (Å²) in [4.78, 5) is 28.2. The van der Waals surface area contributed by atoms with Crippen molar-refractivity contribution in [3.63, 3.8) is 0 Å². The van der Waals surface area contributed by atoms with Crippen molar-refractivity contribution in [2.24, 2.45) is 0 Å². The molecule has 7 nitrogen and oxygen atoms in total. The van der Waals surface area contributed by atoms with Gasteiger partial charge in [0.15, 0.2) is 0 Å². The van der Waals surface area contributed by atoms with Crippen molar-refractivity contribution >= 4 is 11.9 Å². The van der Waals surface area contributed by atoms with Crippen LogP contribution in [0.4, 0.5) is 4.39 Å². The Labute approximate surface area is 132 Å². The minimum atomic E-state index is -0.997. The molecule has 1 aromatic heterocycles. The summed E-state index contributed by atoms with van der Waals surface area (Å²) >= 11 is 0. The molecule has 0 aliphatic rings. The van der Waals surface area contributed by atoms with Crippen LogP contribution in [0, 0.1) is 5.82 Å². The third-order valence-electron chi connectivity index (χ3n) is 3.27. The molecule has 8 heteroatoms. The van der Waals surface area contributed by atoms with E-state index < -0.39 is 17.7 Å². The van der Waals surface area contributed by atoms with E-state index in [0.29, 0.717) is 12.2 Å². The highest BCUT2D eigenvalue weighted by molar-refractivity contribution is 5.90. The van der Waals surface area contributed by atoms with Crippen LogP contribution in [-0.4, -0.2) is 50.2 Å². The second-order valence-electron chi connectivity index (χ2n) is 4.94. The Kier molecular flexibility index (Phi) is 5.05. The second kappa shape index (κ2) is 6.99. The molecule has 0 fully saturated rings. The monoisotopic (exact) mass is 320 g/mol. The fourth-order valence-electron chi connectivity index (χ4n) is 2.02. The molecule has 0 radical (unpaired) electrons. The Hall–Kier alpha value is -2.77. The number of para-hydroxylation sites is 1. The number of carboxylic acids is 1. The molecule has 122 valence electrons. The molecular weight excluding hydrogens is 303 g/mol. The van der Waals surface area contributed by atoms with Gasteiger partial charge in [-0.05, 0) is 12.1 Å². The molecule has 0 spiro atoms. The molecule has 1 N–H and O–H groups in total. The first-order valence-corrected chi connectivity index (χ1v) is 7.12. The lowest BCUT2D eigenvalue weighted by molar-refractivity contribution is -0.137. The number of hydrogen-bond acceptors (Lipinski definition) is 4. The van der Waals surface area contributed by atoms with Gasteiger partial charge in [0.05, 0.1) is 6.42 Å². The molecule has 0 unspecified atom stereocenters. The molecule has 2 rings (SSSR count). The first-order valence-electron chi connectivity index (χ1n) is 7.12. The van der Waals surface area contributed by atoms with Gasteiger partial charge >= 0.3 is 5.97 Å². The molecule has 2 aromatic rings. The molecule has 1 amide bonds. The molecule has 1 aromatic carbocycles. The molecule has 1 heterocycles. The average Bonchev–Trinajstić information content (AvgIpc) is 2.96. The Morgan fingerprint density at radius 1 is 1.35 bits per heavy atom. The third kappa shape index (κ3) is 3.71. The van der Waals surface area contributed by atoms with Gasteiger partial charge < -0.3 is 10.0 Å². The van der Waals surface area contributed by atoms with Crippen LogP contribution < -0.4 is 0 Å². The molecular formula is C15H17FN4O3. The number of hydrogen-bond donors (Lipinski definition) is 1. The fraction of sp³-hybridized carbons (Fsp3) is 0.333. The minimum Gasteiger partial charge on any atom is -0.481 e. The number of carbonyl (C=O) groups excluding carboxylic acids is 1. The van der Waals surface area contributed by atoms with Crippen molar-refractivity contribution in [2.75, 3.05) is 13.6 Å². The van der Waals surface area contributed by atoms with Crippen molar-refractivity contribution in [3.8, 4) is 5.69 Å². The lowest BCUT2D eigenvalue weighted by atomic mass is 10.3. The molecule has 0 atom stereocenters. The molecule has 0 saturated carbocycles. The first-order chi connectivity index (χ1) is 10.9. The van der Waals surface area contributed by atoms with Crippen LogP contribution in [-0.2, 0) is 11.2 Å². The first kappa shape index (κ1) is 16.6. The van der Waals surface area contributed by atoms with Crippen molar-refractivity contribution in [1.82, 2.24) is 19.7 Å². The van der Waals surface area contributed by atoms with E-state index in [1.807, 2.05) is 6.92 Å². The number of amides is 1. The van der Waals surface area contributed by atoms with Crippen LogP contribution in [0.25, 0.3) is 5.69 Å². The van der Waals surface area contributed by atoms with Gasteiger partial charge in [-0.1, -0.05) is 19.1 Å². The number of rotatable bonds is 6. The van der Waals surface area contributed by atoms with E-state index in [1.54, 1.807) is 18.2 Å². The predicted molar refractivity (Wildman–Crippen MR) is 79.9 cm³/mol. The maximum absolute atomic E-state index is 13.9. The lowest BCUT2D eigenvalue weighted by Gasteiger charge is -2.13. The van der Waals surface area contributed by atoms with Crippen LogP contribution in [0.5, 0.6) is 0 Å². The number of aryl methyl sites for hydroxylation is 1. The van der Waals surface area contributed by atoms with Crippen molar-refractivity contribution in [2.45, 2.75) is 19.8 Å². The number of benzene rings is 1. The SMILES string of the molecule is CCc1nc(C(=O)N(C)CCC(=O)O)nn1-c1ccccc1F. The average molecular weight is 320 g/mol. The maximum Gasteiger partial charge on any atom is 0.305 e. The Morgan fingerprint density at radius 3 is 2.65 bits per heavy atom. The van der Waals surface area contributed by atoms with Gasteiger partial charge in [-0.15, -0.1) is 5.10 Å². The van der Waals surface area contributed by atoms with E-state index in [-0.39, 0.29) is 24.5 Å². The van der Waals surface area contributed by atoms with E-state index in [4.69, 9.17) is 5.11 Å². The zero-order valence-corrected chi connectivity index (χ0v) is 12.9. The second-order valence-corrected chi connectivity index (χ2v) is 4.94. The zero-order valence-electron chi connectivity index (χ0n) is 12.9. The van der Waals surface area contributed by atoms with Gasteiger partial charge in [0.2, 0.25) is 5.82 Å². The van der Waals surface area contributed by atoms with Gasteiger partial charge in [0, 0.05) is 20.0 Å². The van der Waals surface area contributed by atoms with Gasteiger partial charge in [-0.25, -0.2) is 14.1 Å². The van der Waals surface area contributed by atoms with E-state index >= 15 is 0 Å². The van der Waals surface area contributed by atoms with Gasteiger partial charge in [0.1, 0.15) is 17.3 Å². The summed E-state index contributed by atoms with van der Waals surface area (Å²) < 4.78 is 15.2. The predicted octanol–water partition coefficient (Wildman–Crippen LogP) is 1.52. The highest BCUT2D eigenvalue weighted by Gasteiger charge is 2.21.